The van der Waals surface area contributed by atoms with Crippen LogP contribution in [0.1, 0.15) is 0 Å². The summed E-state index contributed by atoms with van der Waals surface area (Å²) < 4.78 is 40.6. The summed E-state index contributed by atoms with van der Waals surface area (Å²) in [5, 5.41) is 20.8. The zero-order valence-electron chi connectivity index (χ0n) is 18.8. The molecule has 0 radical (unpaired) electrons. The maximum Gasteiger partial charge on any atom is 0.470 e. The molecule has 3 aromatic rings. The monoisotopic (exact) mass is 524 g/mol. The van der Waals surface area contributed by atoms with Gasteiger partial charge in [-0.05, 0) is 29.5 Å². The molecule has 0 bridgehead atoms. The van der Waals surface area contributed by atoms with Gasteiger partial charge in [-0.2, -0.15) is 4.80 Å². The summed E-state index contributed by atoms with van der Waals surface area (Å²) in [6.45, 7) is -1.08. The van der Waals surface area contributed by atoms with Gasteiger partial charge in [0, 0.05) is 17.3 Å². The van der Waals surface area contributed by atoms with E-state index in [2.05, 4.69) is 24.9 Å². The predicted molar refractivity (Wildman–Crippen MR) is 120 cm³/mol. The molecule has 1 unspecified atom stereocenters. The molecule has 14 nitrogen and oxygen atoms in total. The molecular formula is C20H22FN6O8P. The van der Waals surface area contributed by atoms with Gasteiger partial charge in [0.15, 0.2) is 0 Å². The number of anilines is 1. The van der Waals surface area contributed by atoms with Crippen molar-refractivity contribution < 1.29 is 42.6 Å². The fourth-order valence-corrected chi connectivity index (χ4v) is 3.95. The zero-order chi connectivity index (χ0) is 25.9. The molecular weight excluding hydrogens is 502 g/mol. The van der Waals surface area contributed by atoms with Crippen molar-refractivity contribution in [3.8, 4) is 22.6 Å². The minimum absolute atomic E-state index is 0.0577. The Morgan fingerprint density at radius 3 is 2.72 bits per heavy atom. The van der Waals surface area contributed by atoms with Gasteiger partial charge in [-0.3, -0.25) is 14.4 Å². The van der Waals surface area contributed by atoms with Crippen molar-refractivity contribution in [2.75, 3.05) is 31.3 Å². The topological polar surface area (TPSA) is 182 Å². The van der Waals surface area contributed by atoms with E-state index in [1.165, 1.54) is 28.0 Å². The fraction of sp³-hybridized carbons (Fsp3) is 0.350. The van der Waals surface area contributed by atoms with Gasteiger partial charge in [0.1, 0.15) is 23.7 Å². The number of pyridine rings is 1. The van der Waals surface area contributed by atoms with Crippen LogP contribution in [0, 0.1) is 5.82 Å². The number of benzene rings is 1. The van der Waals surface area contributed by atoms with Crippen molar-refractivity contribution >= 4 is 19.6 Å². The number of aryl methyl sites for hydroxylation is 1. The van der Waals surface area contributed by atoms with E-state index in [4.69, 9.17) is 24.4 Å². The number of phosphoric acid groups is 1. The molecule has 1 aliphatic heterocycles. The highest BCUT2D eigenvalue weighted by Crippen LogP contribution is 2.37. The molecule has 36 heavy (non-hydrogen) atoms. The van der Waals surface area contributed by atoms with Crippen LogP contribution < -0.4 is 4.90 Å². The van der Waals surface area contributed by atoms with Crippen LogP contribution in [0.2, 0.25) is 0 Å². The lowest BCUT2D eigenvalue weighted by Gasteiger charge is -2.17. The van der Waals surface area contributed by atoms with Crippen LogP contribution in [0.3, 0.4) is 0 Å². The van der Waals surface area contributed by atoms with E-state index in [1.54, 1.807) is 25.2 Å². The lowest BCUT2D eigenvalue weighted by molar-refractivity contribution is -0.0178. The molecule has 0 spiro atoms. The van der Waals surface area contributed by atoms with Crippen LogP contribution >= 0.6 is 7.82 Å². The summed E-state index contributed by atoms with van der Waals surface area (Å²) in [4.78, 5) is 36.7. The van der Waals surface area contributed by atoms with Crippen LogP contribution in [0.5, 0.6) is 0 Å². The van der Waals surface area contributed by atoms with Gasteiger partial charge in [0.05, 0.1) is 39.1 Å². The molecule has 3 N–H and O–H groups in total. The second kappa shape index (κ2) is 10.7. The maximum atomic E-state index is 14.9. The second-order valence-corrected chi connectivity index (χ2v) is 8.95. The Kier molecular flexibility index (Phi) is 7.68. The number of amides is 1. The maximum absolute atomic E-state index is 14.9. The van der Waals surface area contributed by atoms with Crippen molar-refractivity contribution in [1.29, 1.82) is 0 Å². The van der Waals surface area contributed by atoms with Crippen LogP contribution in [0.25, 0.3) is 22.6 Å². The molecule has 16 heteroatoms. The third kappa shape index (κ3) is 6.26. The average molecular weight is 524 g/mol. The Balaban J connectivity index is 1.37. The first kappa shape index (κ1) is 25.8. The summed E-state index contributed by atoms with van der Waals surface area (Å²) in [6, 6.07) is 7.60. The van der Waals surface area contributed by atoms with Crippen LogP contribution in [-0.2, 0) is 25.6 Å². The number of carbonyl (C=O) groups excluding carboxylic acids is 1. The molecule has 1 aromatic carbocycles. The zero-order valence-corrected chi connectivity index (χ0v) is 19.7. The number of rotatable bonds is 10. The molecule has 3 heterocycles. The van der Waals surface area contributed by atoms with Gasteiger partial charge in [0.25, 0.3) is 0 Å². The molecule has 2 aromatic heterocycles. The van der Waals surface area contributed by atoms with Gasteiger partial charge in [-0.1, -0.05) is 6.07 Å². The molecule has 1 saturated heterocycles. The molecule has 1 aliphatic rings. The third-order valence-electron chi connectivity index (χ3n) is 5.05. The van der Waals surface area contributed by atoms with E-state index in [1.807, 2.05) is 0 Å². The number of ether oxygens (including phenoxy) is 2. The number of cyclic esters (lactones) is 1. The predicted octanol–water partition coefficient (Wildman–Crippen LogP) is 0.890. The van der Waals surface area contributed by atoms with Gasteiger partial charge in [0.2, 0.25) is 5.82 Å². The Morgan fingerprint density at radius 1 is 1.31 bits per heavy atom. The Labute approximate surface area is 203 Å². The van der Waals surface area contributed by atoms with Crippen molar-refractivity contribution in [1.82, 2.24) is 25.2 Å². The summed E-state index contributed by atoms with van der Waals surface area (Å²) in [6.07, 6.45) is -1.19. The first-order valence-electron chi connectivity index (χ1n) is 10.5. The Bertz CT molecular complexity index is 1270. The average Bonchev–Trinajstić information content (AvgIpc) is 3.43. The standard InChI is InChI=1S/C20H22FN6O8P/c1-26-24-19(23-25-26)18-5-2-12(7-22-18)16-4-3-13(6-17(16)21)27-8-14(34-20(27)29)10-33-11-15(9-28)35-36(30,31)32/h2-7,14-15,28H,8-11H2,1H3,(H2,30,31,32)/t14?,15-/m1/s1. The van der Waals surface area contributed by atoms with E-state index in [0.717, 1.165) is 0 Å². The van der Waals surface area contributed by atoms with Crippen LogP contribution in [0.4, 0.5) is 14.9 Å². The number of hydrogen-bond acceptors (Lipinski definition) is 10. The molecule has 2 atom stereocenters. The number of tetrazole rings is 1. The number of halogens is 1. The number of aromatic nitrogens is 5. The van der Waals surface area contributed by atoms with E-state index in [9.17, 15) is 13.8 Å². The minimum atomic E-state index is -4.79. The van der Waals surface area contributed by atoms with E-state index in [0.29, 0.717) is 17.1 Å². The Hall–Kier alpha value is -3.33. The smallest absolute Gasteiger partial charge is 0.441 e. The quantitative estimate of drug-likeness (QED) is 0.319. The molecule has 0 saturated carbocycles. The molecule has 192 valence electrons. The first-order chi connectivity index (χ1) is 17.1. The van der Waals surface area contributed by atoms with Crippen molar-refractivity contribution in [3.05, 3.63) is 42.3 Å². The number of aliphatic hydroxyl groups excluding tert-OH is 1. The number of nitrogens with zero attached hydrogens (tertiary/aromatic N) is 6. The van der Waals surface area contributed by atoms with E-state index >= 15 is 0 Å². The van der Waals surface area contributed by atoms with Crippen molar-refractivity contribution in [3.63, 3.8) is 0 Å². The highest BCUT2D eigenvalue weighted by molar-refractivity contribution is 7.46. The van der Waals surface area contributed by atoms with Crippen LogP contribution in [0.15, 0.2) is 36.5 Å². The van der Waals surface area contributed by atoms with Gasteiger partial charge < -0.3 is 24.4 Å². The first-order valence-corrected chi connectivity index (χ1v) is 12.1. The highest BCUT2D eigenvalue weighted by Gasteiger charge is 2.33. The van der Waals surface area contributed by atoms with Crippen molar-refractivity contribution in [2.24, 2.45) is 7.05 Å². The van der Waals surface area contributed by atoms with Crippen molar-refractivity contribution in [2.45, 2.75) is 12.2 Å². The second-order valence-electron chi connectivity index (χ2n) is 7.75. The summed E-state index contributed by atoms with van der Waals surface area (Å²) in [5.74, 6) is -0.236. The summed E-state index contributed by atoms with van der Waals surface area (Å²) >= 11 is 0. The fourth-order valence-electron chi connectivity index (χ4n) is 3.44. The SMILES string of the molecule is Cn1nnc(-c2ccc(-c3ccc(N4CC(COC[C@@H](CO)OP(=O)(O)O)OC4=O)cc3F)cn2)n1. The van der Waals surface area contributed by atoms with E-state index < -0.39 is 38.5 Å². The van der Waals surface area contributed by atoms with Gasteiger partial charge in [-0.25, -0.2) is 13.8 Å². The molecule has 0 aliphatic carbocycles. The van der Waals surface area contributed by atoms with Crippen LogP contribution in [-0.4, -0.2) is 84.8 Å². The lowest BCUT2D eigenvalue weighted by Crippen LogP contribution is -2.28. The number of carbonyl (C=O) groups is 1. The number of aliphatic hydroxyl groups is 1. The van der Waals surface area contributed by atoms with E-state index in [-0.39, 0.29) is 31.0 Å². The molecule has 4 rings (SSSR count). The number of phosphoric ester groups is 1. The van der Waals surface area contributed by atoms with Gasteiger partial charge >= 0.3 is 13.9 Å². The van der Waals surface area contributed by atoms with Gasteiger partial charge in [-0.15, -0.1) is 10.2 Å². The highest BCUT2D eigenvalue weighted by atomic mass is 31.2. The lowest BCUT2D eigenvalue weighted by atomic mass is 10.1. The number of hydrogen-bond donors (Lipinski definition) is 3. The molecule has 1 fully saturated rings. The Morgan fingerprint density at radius 2 is 2.11 bits per heavy atom. The third-order valence-corrected chi connectivity index (χ3v) is 5.62. The minimum Gasteiger partial charge on any atom is -0.441 e. The normalized spacial score (nSPS) is 16.9. The largest absolute Gasteiger partial charge is 0.470 e. The molecule has 1 amide bonds. The summed E-state index contributed by atoms with van der Waals surface area (Å²) in [7, 11) is -3.16. The summed E-state index contributed by atoms with van der Waals surface area (Å²) in [5.41, 5.74) is 1.54.